The number of para-hydroxylation sites is 1. The number of alkyl halides is 3. The van der Waals surface area contributed by atoms with Crippen LogP contribution in [0.1, 0.15) is 17.5 Å². The minimum Gasteiger partial charge on any atom is -0.457 e. The Hall–Kier alpha value is -2.35. The highest BCUT2D eigenvalue weighted by molar-refractivity contribution is 6.66. The highest BCUT2D eigenvalue weighted by atomic mass is 35.6. The van der Waals surface area contributed by atoms with E-state index < -0.39 is 3.79 Å². The number of benzene rings is 1. The zero-order valence-electron chi connectivity index (χ0n) is 12.3. The number of hydrogen-bond donors (Lipinski definition) is 0. The van der Waals surface area contributed by atoms with E-state index in [0.717, 1.165) is 11.0 Å². The van der Waals surface area contributed by atoms with E-state index in [1.165, 1.54) is 12.5 Å². The third-order valence-electron chi connectivity index (χ3n) is 2.80. The Morgan fingerprint density at radius 2 is 1.84 bits per heavy atom. The number of hydrogen-bond acceptors (Lipinski definition) is 7. The predicted octanol–water partition coefficient (Wildman–Crippen LogP) is 4.88. The molecule has 0 saturated carbocycles. The lowest BCUT2D eigenvalue weighted by Crippen LogP contribution is -1.99. The Morgan fingerprint density at radius 1 is 1.00 bits per heavy atom. The molecule has 128 valence electrons. The van der Waals surface area contributed by atoms with Crippen molar-refractivity contribution in [1.82, 2.24) is 20.6 Å². The van der Waals surface area contributed by atoms with Gasteiger partial charge in [-0.05, 0) is 18.2 Å². The van der Waals surface area contributed by atoms with Gasteiger partial charge in [0.25, 0.3) is 9.68 Å². The number of aromatic nitrogens is 4. The lowest BCUT2D eigenvalue weighted by Gasteiger charge is -2.01. The summed E-state index contributed by atoms with van der Waals surface area (Å²) in [5.74, 6) is 0.818. The second-order valence-electron chi connectivity index (χ2n) is 4.55. The van der Waals surface area contributed by atoms with E-state index in [-0.39, 0.29) is 11.8 Å². The van der Waals surface area contributed by atoms with Crippen molar-refractivity contribution in [3.8, 4) is 0 Å². The maximum Gasteiger partial charge on any atom is 0.268 e. The van der Waals surface area contributed by atoms with Crippen molar-refractivity contribution in [1.29, 1.82) is 0 Å². The summed E-state index contributed by atoms with van der Waals surface area (Å²) in [5, 5.41) is 14.8. The summed E-state index contributed by atoms with van der Waals surface area (Å²) in [7, 11) is 0. The van der Waals surface area contributed by atoms with Gasteiger partial charge in [0.1, 0.15) is 17.6 Å². The van der Waals surface area contributed by atoms with Crippen LogP contribution in [0, 0.1) is 0 Å². The lowest BCUT2D eigenvalue weighted by atomic mass is 10.2. The Morgan fingerprint density at radius 3 is 2.44 bits per heavy atom. The van der Waals surface area contributed by atoms with Crippen LogP contribution in [0.15, 0.2) is 56.1 Å². The first-order chi connectivity index (χ1) is 12.0. The van der Waals surface area contributed by atoms with Gasteiger partial charge in [-0.15, -0.1) is 15.3 Å². The van der Waals surface area contributed by atoms with Crippen LogP contribution >= 0.6 is 34.8 Å². The van der Waals surface area contributed by atoms with Gasteiger partial charge < -0.3 is 13.4 Å². The number of halogens is 3. The Balaban J connectivity index is 0.000000314. The van der Waals surface area contributed by atoms with Crippen molar-refractivity contribution in [2.45, 2.75) is 3.79 Å². The normalized spacial score (nSPS) is 11.6. The standard InChI is InChI=1S/C13H7Cl3N2O2.C2H2N2O/c14-13(15,16)12-18-17-11(20-12)6-5-9-7-8-3-1-2-4-10(8)19-9;1-2-5-4-3-1/h1-7H;1-2H. The topological polar surface area (TPSA) is 91.0 Å². The van der Waals surface area contributed by atoms with Gasteiger partial charge in [-0.3, -0.25) is 0 Å². The second-order valence-corrected chi connectivity index (χ2v) is 6.83. The Kier molecular flexibility index (Phi) is 5.37. The maximum atomic E-state index is 5.63. The predicted molar refractivity (Wildman–Crippen MR) is 93.0 cm³/mol. The molecule has 0 atom stereocenters. The Labute approximate surface area is 156 Å². The first kappa shape index (κ1) is 17.5. The summed E-state index contributed by atoms with van der Waals surface area (Å²) in [6.07, 6.45) is 6.17. The third-order valence-corrected chi connectivity index (χ3v) is 3.29. The molecule has 10 heteroatoms. The van der Waals surface area contributed by atoms with Crippen LogP contribution < -0.4 is 0 Å². The van der Waals surface area contributed by atoms with Crippen molar-refractivity contribution in [3.05, 3.63) is 60.3 Å². The number of fused-ring (bicyclic) bond motifs is 1. The fraction of sp³-hybridized carbons (Fsp3) is 0.0667. The van der Waals surface area contributed by atoms with E-state index in [0.29, 0.717) is 5.76 Å². The number of furan rings is 1. The second kappa shape index (κ2) is 7.69. The van der Waals surface area contributed by atoms with Crippen LogP contribution in [0.25, 0.3) is 23.1 Å². The first-order valence-electron chi connectivity index (χ1n) is 6.81. The fourth-order valence-electron chi connectivity index (χ4n) is 1.79. The van der Waals surface area contributed by atoms with Crippen LogP contribution in [-0.4, -0.2) is 20.6 Å². The summed E-state index contributed by atoms with van der Waals surface area (Å²) in [4.78, 5) is 0. The molecule has 0 amide bonds. The van der Waals surface area contributed by atoms with Crippen molar-refractivity contribution in [2.75, 3.05) is 0 Å². The summed E-state index contributed by atoms with van der Waals surface area (Å²) in [5.41, 5.74) is 0.805. The van der Waals surface area contributed by atoms with E-state index in [1.54, 1.807) is 12.2 Å². The van der Waals surface area contributed by atoms with Gasteiger partial charge in [-0.25, -0.2) is 0 Å². The van der Waals surface area contributed by atoms with Gasteiger partial charge in [0.05, 0.1) is 6.20 Å². The summed E-state index contributed by atoms with van der Waals surface area (Å²) in [6.45, 7) is 0. The maximum absolute atomic E-state index is 5.63. The van der Waals surface area contributed by atoms with Gasteiger partial charge in [0.15, 0.2) is 0 Å². The minimum atomic E-state index is -1.72. The lowest BCUT2D eigenvalue weighted by molar-refractivity contribution is 0.393. The van der Waals surface area contributed by atoms with Gasteiger partial charge in [-0.1, -0.05) is 53.0 Å². The molecule has 4 aromatic rings. The van der Waals surface area contributed by atoms with Gasteiger partial charge in [-0.2, -0.15) is 0 Å². The average Bonchev–Trinajstić information content (AvgIpc) is 3.33. The van der Waals surface area contributed by atoms with Crippen LogP contribution in [0.5, 0.6) is 0 Å². The van der Waals surface area contributed by atoms with Crippen molar-refractivity contribution in [3.63, 3.8) is 0 Å². The van der Waals surface area contributed by atoms with Crippen LogP contribution in [-0.2, 0) is 3.79 Å². The smallest absolute Gasteiger partial charge is 0.268 e. The molecule has 0 unspecified atom stereocenters. The van der Waals surface area contributed by atoms with E-state index in [9.17, 15) is 0 Å². The molecule has 0 radical (unpaired) electrons. The van der Waals surface area contributed by atoms with Crippen molar-refractivity contribution in [2.24, 2.45) is 0 Å². The van der Waals surface area contributed by atoms with Gasteiger partial charge >= 0.3 is 0 Å². The summed E-state index contributed by atoms with van der Waals surface area (Å²) < 4.78 is 13.3. The molecule has 4 rings (SSSR count). The van der Waals surface area contributed by atoms with Gasteiger partial charge in [0.2, 0.25) is 5.89 Å². The molecule has 0 bridgehead atoms. The van der Waals surface area contributed by atoms with E-state index >= 15 is 0 Å². The Bertz CT molecular complexity index is 908. The van der Waals surface area contributed by atoms with Crippen molar-refractivity contribution >= 4 is 57.9 Å². The highest BCUT2D eigenvalue weighted by Gasteiger charge is 2.29. The number of nitrogens with zero attached hydrogens (tertiary/aromatic N) is 4. The minimum absolute atomic E-state index is 0.0771. The molecule has 0 N–H and O–H groups in total. The molecule has 0 spiro atoms. The molecule has 0 aliphatic heterocycles. The van der Waals surface area contributed by atoms with Crippen LogP contribution in [0.3, 0.4) is 0 Å². The molecule has 7 nitrogen and oxygen atoms in total. The summed E-state index contributed by atoms with van der Waals surface area (Å²) >= 11 is 16.9. The van der Waals surface area contributed by atoms with E-state index in [1.807, 2.05) is 30.3 Å². The number of rotatable bonds is 2. The molecule has 0 aliphatic rings. The molecular formula is C15H9Cl3N4O3. The fourth-order valence-corrected chi connectivity index (χ4v) is 2.02. The SMILES string of the molecule is ClC(Cl)(Cl)c1nnc(C=Cc2cc3ccccc3o2)o1.c1conn1. The third kappa shape index (κ3) is 4.82. The monoisotopic (exact) mass is 398 g/mol. The zero-order chi connectivity index (χ0) is 17.7. The first-order valence-corrected chi connectivity index (χ1v) is 7.94. The molecular weight excluding hydrogens is 391 g/mol. The largest absolute Gasteiger partial charge is 0.457 e. The van der Waals surface area contributed by atoms with Crippen LogP contribution in [0.4, 0.5) is 0 Å². The quantitative estimate of drug-likeness (QED) is 0.443. The molecule has 3 heterocycles. The zero-order valence-corrected chi connectivity index (χ0v) is 14.6. The molecule has 0 fully saturated rings. The van der Waals surface area contributed by atoms with E-state index in [4.69, 9.17) is 43.6 Å². The van der Waals surface area contributed by atoms with Gasteiger partial charge in [0, 0.05) is 16.7 Å². The molecule has 0 saturated heterocycles. The summed E-state index contributed by atoms with van der Waals surface area (Å²) in [6, 6.07) is 9.60. The molecule has 3 aromatic heterocycles. The average molecular weight is 400 g/mol. The highest BCUT2D eigenvalue weighted by Crippen LogP contribution is 2.37. The van der Waals surface area contributed by atoms with Crippen LogP contribution in [0.2, 0.25) is 0 Å². The van der Waals surface area contributed by atoms with Crippen molar-refractivity contribution < 1.29 is 13.4 Å². The molecule has 0 aliphatic carbocycles. The van der Waals surface area contributed by atoms with E-state index in [2.05, 4.69) is 25.1 Å². The molecule has 25 heavy (non-hydrogen) atoms. The molecule has 1 aromatic carbocycles.